The van der Waals surface area contributed by atoms with Gasteiger partial charge in [0.15, 0.2) is 0 Å². The van der Waals surface area contributed by atoms with Gasteiger partial charge in [-0.05, 0) is 91.3 Å². The maximum atomic E-state index is 14.4. The monoisotopic (exact) mass is 957 g/mol. The smallest absolute Gasteiger partial charge is 0.251 e. The molecule has 2 amide bonds. The van der Waals surface area contributed by atoms with Crippen LogP contribution in [0.1, 0.15) is 62.0 Å². The molecule has 0 radical (unpaired) electrons. The molecule has 3 aromatic rings. The molecule has 1 saturated heterocycles. The zero-order chi connectivity index (χ0) is 49.7. The number of methoxy groups -OCH3 is 1. The molecule has 2 bridgehead atoms. The van der Waals surface area contributed by atoms with Crippen LogP contribution in [0.15, 0.2) is 71.8 Å². The molecule has 3 aliphatic carbocycles. The van der Waals surface area contributed by atoms with E-state index in [4.69, 9.17) is 29.3 Å². The lowest BCUT2D eigenvalue weighted by atomic mass is 9.45. The first-order chi connectivity index (χ1) is 33.2. The summed E-state index contributed by atoms with van der Waals surface area (Å²) < 4.78 is 22.9. The van der Waals surface area contributed by atoms with Crippen LogP contribution in [0.2, 0.25) is 0 Å². The molecule has 1 aliphatic heterocycles. The van der Waals surface area contributed by atoms with Gasteiger partial charge in [0.25, 0.3) is 5.91 Å². The Morgan fingerprint density at radius 1 is 0.986 bits per heavy atom. The van der Waals surface area contributed by atoms with Crippen LogP contribution in [-0.2, 0) is 36.8 Å². The van der Waals surface area contributed by atoms with Crippen LogP contribution in [0.3, 0.4) is 0 Å². The van der Waals surface area contributed by atoms with Gasteiger partial charge in [-0.2, -0.15) is 5.06 Å². The van der Waals surface area contributed by atoms with Crippen molar-refractivity contribution in [2.75, 3.05) is 99.0 Å². The Kier molecular flexibility index (Phi) is 19.7. The third-order valence-electron chi connectivity index (χ3n) is 14.6. The summed E-state index contributed by atoms with van der Waals surface area (Å²) in [6.07, 6.45) is 1.01. The summed E-state index contributed by atoms with van der Waals surface area (Å²) in [5.41, 5.74) is 13.3. The first-order valence-electron chi connectivity index (χ1n) is 24.5. The molecule has 3 aromatic carbocycles. The van der Waals surface area contributed by atoms with E-state index in [2.05, 4.69) is 58.5 Å². The summed E-state index contributed by atoms with van der Waals surface area (Å²) in [7, 11) is 7.49. The first-order valence-corrected chi connectivity index (χ1v) is 24.5. The van der Waals surface area contributed by atoms with Crippen LogP contribution in [0, 0.1) is 29.1 Å². The number of aliphatic hydroxyl groups is 2. The second-order valence-electron chi connectivity index (χ2n) is 19.8. The molecule has 17 nitrogen and oxygen atoms in total. The molecule has 0 spiro atoms. The van der Waals surface area contributed by atoms with Crippen LogP contribution in [0.5, 0.6) is 5.75 Å². The number of nitrogens with zero attached hydrogens (tertiary/aromatic N) is 6. The fraction of sp³-hybridized carbons (Fsp3) is 0.615. The molecule has 3 saturated carbocycles. The SMILES string of the molecule is COc1c(CN2O[C@@H](CO)[C@@H]([C@H](C)O)[C@H]2C(=O)N[C@H]2C[C@@H]3C[C@H]([C@@H]2C)C3(C)C)cccc1-c1cc(C(=O)N[C@H](Cc2ccccc2)CN(C)CCOCCOCCOCCN=[N+]=[N-])cc(N(C)C)c1. The molecule has 1 heterocycles. The molecule has 69 heavy (non-hydrogen) atoms. The highest BCUT2D eigenvalue weighted by molar-refractivity contribution is 5.97. The summed E-state index contributed by atoms with van der Waals surface area (Å²) in [6.45, 7) is 12.4. The average Bonchev–Trinajstić information content (AvgIpc) is 3.71. The summed E-state index contributed by atoms with van der Waals surface area (Å²) in [5.74, 6) is 0.846. The van der Waals surface area contributed by atoms with Crippen molar-refractivity contribution in [3.05, 3.63) is 93.9 Å². The second kappa shape index (κ2) is 25.3. The van der Waals surface area contributed by atoms with Crippen molar-refractivity contribution < 1.29 is 43.6 Å². The standard InChI is InChI=1S/C52H76N8O9/c1-34-44-29-40(52(44,3)4)30-45(34)56-51(64)48-47(35(2)62)46(33-61)69-60(48)31-37-15-12-16-43(49(37)65-8)38-26-39(28-42(27-38)58(5)6)50(63)55-41(25-36-13-10-9-11-14-36)32-59(7)18-20-67-22-24-68-23-21-66-19-17-54-57-53/h9-16,26-28,34-35,40-41,44-48,61-62H,17-25,29-33H2,1-8H3,(H,55,63)(H,56,64)/t34-,35-,40-,41+,44+,45-,46-,47+,48-/m0/s1. The van der Waals surface area contributed by atoms with Gasteiger partial charge < -0.3 is 49.6 Å². The Bertz CT molecular complexity index is 2170. The number of fused-ring (bicyclic) bond motifs is 2. The predicted octanol–water partition coefficient (Wildman–Crippen LogP) is 5.72. The van der Waals surface area contributed by atoms with Crippen molar-refractivity contribution in [3.63, 3.8) is 0 Å². The number of azide groups is 1. The van der Waals surface area contributed by atoms with E-state index in [1.807, 2.05) is 80.6 Å². The number of nitrogens with one attached hydrogen (secondary N) is 2. The lowest BCUT2D eigenvalue weighted by Crippen LogP contribution is -2.62. The van der Waals surface area contributed by atoms with E-state index in [-0.39, 0.29) is 42.5 Å². The molecule has 0 unspecified atom stereocenters. The normalized spacial score (nSPS) is 23.7. The van der Waals surface area contributed by atoms with E-state index < -0.39 is 24.2 Å². The van der Waals surface area contributed by atoms with Crippen LogP contribution in [0.4, 0.5) is 5.69 Å². The molecule has 7 rings (SSSR count). The Hall–Kier alpha value is -4.81. The first kappa shape index (κ1) is 53.5. The maximum Gasteiger partial charge on any atom is 0.251 e. The Morgan fingerprint density at radius 3 is 2.33 bits per heavy atom. The highest BCUT2D eigenvalue weighted by Gasteiger charge is 2.57. The number of benzene rings is 3. The van der Waals surface area contributed by atoms with Gasteiger partial charge in [-0.15, -0.1) is 0 Å². The Morgan fingerprint density at radius 2 is 1.70 bits per heavy atom. The van der Waals surface area contributed by atoms with Gasteiger partial charge in [0.2, 0.25) is 5.91 Å². The minimum Gasteiger partial charge on any atom is -0.496 e. The number of amides is 2. The van der Waals surface area contributed by atoms with Gasteiger partial charge in [0.05, 0.1) is 66.0 Å². The summed E-state index contributed by atoms with van der Waals surface area (Å²) >= 11 is 0. The molecule has 4 N–H and O–H groups in total. The van der Waals surface area contributed by atoms with Crippen LogP contribution < -0.4 is 20.3 Å². The third kappa shape index (κ3) is 13.7. The summed E-state index contributed by atoms with van der Waals surface area (Å²) in [6, 6.07) is 20.6. The number of anilines is 1. The highest BCUT2D eigenvalue weighted by Crippen LogP contribution is 2.61. The maximum absolute atomic E-state index is 14.4. The zero-order valence-corrected chi connectivity index (χ0v) is 41.9. The summed E-state index contributed by atoms with van der Waals surface area (Å²) in [4.78, 5) is 42.0. The van der Waals surface area contributed by atoms with Crippen molar-refractivity contribution in [1.82, 2.24) is 20.6 Å². The highest BCUT2D eigenvalue weighted by atomic mass is 16.7. The Balaban J connectivity index is 1.16. The number of likely N-dealkylation sites (N-methyl/N-ethyl adjacent to an activating group) is 1. The lowest BCUT2D eigenvalue weighted by Gasteiger charge is -2.62. The number of ether oxygens (including phenoxy) is 4. The van der Waals surface area contributed by atoms with Gasteiger partial charge >= 0.3 is 0 Å². The van der Waals surface area contributed by atoms with E-state index in [1.54, 1.807) is 19.1 Å². The number of carbonyl (C=O) groups excluding carboxylic acids is 2. The van der Waals surface area contributed by atoms with Crippen molar-refractivity contribution in [1.29, 1.82) is 0 Å². The number of aliphatic hydroxyl groups excluding tert-OH is 2. The largest absolute Gasteiger partial charge is 0.496 e. The molecule has 17 heteroatoms. The lowest BCUT2D eigenvalue weighted by molar-refractivity contribution is -0.183. The average molecular weight is 957 g/mol. The van der Waals surface area contributed by atoms with Crippen molar-refractivity contribution in [3.8, 4) is 16.9 Å². The summed E-state index contributed by atoms with van der Waals surface area (Å²) in [5, 5.41) is 33.3. The second-order valence-corrected chi connectivity index (χ2v) is 19.8. The van der Waals surface area contributed by atoms with E-state index in [0.29, 0.717) is 94.8 Å². The minimum absolute atomic E-state index is 0.0138. The van der Waals surface area contributed by atoms with Gasteiger partial charge in [-0.1, -0.05) is 74.4 Å². The number of hydroxylamine groups is 2. The van der Waals surface area contributed by atoms with Gasteiger partial charge in [0.1, 0.15) is 17.9 Å². The van der Waals surface area contributed by atoms with Crippen LogP contribution in [0.25, 0.3) is 21.6 Å². The molecular weight excluding hydrogens is 881 g/mol. The van der Waals surface area contributed by atoms with E-state index in [9.17, 15) is 19.8 Å². The van der Waals surface area contributed by atoms with E-state index in [1.165, 1.54) is 6.42 Å². The van der Waals surface area contributed by atoms with Crippen LogP contribution >= 0.6 is 0 Å². The minimum atomic E-state index is -0.926. The van der Waals surface area contributed by atoms with Crippen molar-refractivity contribution in [2.24, 2.45) is 34.2 Å². The van der Waals surface area contributed by atoms with Gasteiger partial charge in [-0.25, -0.2) is 0 Å². The van der Waals surface area contributed by atoms with E-state index >= 15 is 0 Å². The molecule has 4 fully saturated rings. The number of hydrogen-bond donors (Lipinski definition) is 4. The number of hydrogen-bond acceptors (Lipinski definition) is 13. The topological polar surface area (TPSA) is 203 Å². The molecule has 9 atom stereocenters. The zero-order valence-electron chi connectivity index (χ0n) is 41.9. The van der Waals surface area contributed by atoms with Crippen LogP contribution in [-0.4, -0.2) is 156 Å². The third-order valence-corrected chi connectivity index (χ3v) is 14.6. The number of para-hydroxylation sites is 1. The van der Waals surface area contributed by atoms with Crippen molar-refractivity contribution >= 4 is 17.5 Å². The fourth-order valence-corrected chi connectivity index (χ4v) is 10.7. The molecule has 0 aromatic heterocycles. The van der Waals surface area contributed by atoms with Crippen molar-refractivity contribution in [2.45, 2.75) is 83.8 Å². The number of carbonyl (C=O) groups is 2. The van der Waals surface area contributed by atoms with Gasteiger partial charge in [0, 0.05) is 79.0 Å². The quantitative estimate of drug-likeness (QED) is 0.0314. The molecule has 378 valence electrons. The Labute approximate surface area is 408 Å². The molecular formula is C52H76N8O9. The predicted molar refractivity (Wildman–Crippen MR) is 266 cm³/mol. The molecule has 4 aliphatic rings. The fourth-order valence-electron chi connectivity index (χ4n) is 10.7. The van der Waals surface area contributed by atoms with E-state index in [0.717, 1.165) is 34.4 Å². The van der Waals surface area contributed by atoms with Gasteiger partial charge in [-0.3, -0.25) is 14.4 Å². The number of rotatable bonds is 27.